The van der Waals surface area contributed by atoms with Gasteiger partial charge in [0.15, 0.2) is 0 Å². The van der Waals surface area contributed by atoms with Crippen molar-refractivity contribution >= 4 is 51.1 Å². The van der Waals surface area contributed by atoms with Crippen LogP contribution >= 0.6 is 0 Å². The Morgan fingerprint density at radius 3 is 1.78 bits per heavy atom. The van der Waals surface area contributed by atoms with Crippen molar-refractivity contribution in [2.45, 2.75) is 74.1 Å². The van der Waals surface area contributed by atoms with Gasteiger partial charge in [0.05, 0.1) is 5.54 Å². The summed E-state index contributed by atoms with van der Waals surface area (Å²) in [4.78, 5) is 70.4. The summed E-state index contributed by atoms with van der Waals surface area (Å²) in [5.74, 6) is -2.86. The summed E-state index contributed by atoms with van der Waals surface area (Å²) in [6, 6.07) is 33.1. The fourth-order valence-electron chi connectivity index (χ4n) is 8.33. The minimum Gasteiger partial charge on any atom is -0.368 e. The van der Waals surface area contributed by atoms with Gasteiger partial charge in [-0.1, -0.05) is 115 Å². The molecule has 0 unspecified atom stereocenters. The van der Waals surface area contributed by atoms with E-state index in [1.807, 2.05) is 115 Å². The van der Waals surface area contributed by atoms with E-state index in [1.165, 1.54) is 0 Å². The van der Waals surface area contributed by atoms with Gasteiger partial charge in [-0.2, -0.15) is 0 Å². The summed E-state index contributed by atoms with van der Waals surface area (Å²) >= 11 is 0. The standard InChI is InChI=1S/C47H54N8O5/c48-44(59)47(21-25-51-26-22-47)55-43(58)39(28-31-9-2-1-3-10-31)53-41(56)38(29-32-17-18-33-11-4-5-13-35(33)27-32)52-42(57)40(54-45(60)46(49)19-23-50-24-20-46)30-36-15-8-14-34-12-6-7-16-37(34)36/h1-18,27,38-40,50-51H,19-26,28-30,49H2,(H2,48,59)(H,52,57)(H,53,56)(H,54,60)(H,55,58)/t38-,39+,40-/m1/s1. The molecular weight excluding hydrogens is 757 g/mol. The van der Waals surface area contributed by atoms with Crippen LogP contribution in [-0.4, -0.2) is 84.9 Å². The smallest absolute Gasteiger partial charge is 0.243 e. The predicted octanol–water partition coefficient (Wildman–Crippen LogP) is 2.28. The normalized spacial score (nSPS) is 17.4. The first-order chi connectivity index (χ1) is 29.0. The number of nitrogens with one attached hydrogen (secondary N) is 6. The average Bonchev–Trinajstić information content (AvgIpc) is 3.26. The second-order valence-electron chi connectivity index (χ2n) is 16.2. The van der Waals surface area contributed by atoms with Crippen molar-refractivity contribution in [2.75, 3.05) is 26.2 Å². The number of carbonyl (C=O) groups excluding carboxylic acids is 5. The highest BCUT2D eigenvalue weighted by molar-refractivity contribution is 5.98. The molecule has 0 radical (unpaired) electrons. The first-order valence-corrected chi connectivity index (χ1v) is 20.7. The van der Waals surface area contributed by atoms with Crippen LogP contribution in [0, 0.1) is 0 Å². The topological polar surface area (TPSA) is 210 Å². The van der Waals surface area contributed by atoms with Crippen molar-refractivity contribution in [1.29, 1.82) is 0 Å². The fraction of sp³-hybridized carbons (Fsp3) is 0.340. The minimum absolute atomic E-state index is 0.0698. The highest BCUT2D eigenvalue weighted by Gasteiger charge is 2.42. The van der Waals surface area contributed by atoms with Crippen LogP contribution in [0.15, 0.2) is 115 Å². The van der Waals surface area contributed by atoms with E-state index in [4.69, 9.17) is 11.5 Å². The molecule has 2 aliphatic heterocycles. The maximum absolute atomic E-state index is 14.7. The van der Waals surface area contributed by atoms with Crippen molar-refractivity contribution < 1.29 is 24.0 Å². The molecule has 5 amide bonds. The number of hydrogen-bond acceptors (Lipinski definition) is 8. The third kappa shape index (κ3) is 9.99. The zero-order valence-corrected chi connectivity index (χ0v) is 33.7. The van der Waals surface area contributed by atoms with E-state index in [2.05, 4.69) is 31.9 Å². The Kier molecular flexibility index (Phi) is 13.2. The number of nitrogens with two attached hydrogens (primary N) is 2. The minimum atomic E-state index is -1.29. The predicted molar refractivity (Wildman–Crippen MR) is 232 cm³/mol. The first-order valence-electron chi connectivity index (χ1n) is 20.7. The number of hydrogen-bond donors (Lipinski definition) is 8. The van der Waals surface area contributed by atoms with Gasteiger partial charge < -0.3 is 43.4 Å². The molecule has 13 heteroatoms. The van der Waals surface area contributed by atoms with Gasteiger partial charge in [-0.3, -0.25) is 24.0 Å². The Bertz CT molecular complexity index is 2340. The van der Waals surface area contributed by atoms with Crippen molar-refractivity contribution in [3.05, 3.63) is 132 Å². The van der Waals surface area contributed by atoms with E-state index in [0.717, 1.165) is 38.2 Å². The molecule has 2 fully saturated rings. The first kappa shape index (κ1) is 42.0. The number of fused-ring (bicyclic) bond motifs is 2. The van der Waals surface area contributed by atoms with Gasteiger partial charge in [0.2, 0.25) is 29.5 Å². The number of amides is 5. The van der Waals surface area contributed by atoms with Gasteiger partial charge >= 0.3 is 0 Å². The maximum Gasteiger partial charge on any atom is 0.243 e. The Labute approximate surface area is 349 Å². The van der Waals surface area contributed by atoms with Crippen LogP contribution < -0.4 is 43.4 Å². The van der Waals surface area contributed by atoms with E-state index >= 15 is 0 Å². The van der Waals surface area contributed by atoms with E-state index < -0.39 is 58.7 Å². The number of rotatable bonds is 15. The number of piperidine rings is 2. The molecule has 0 saturated carbocycles. The summed E-state index contributed by atoms with van der Waals surface area (Å²) in [5, 5.41) is 22.1. The average molecular weight is 811 g/mol. The molecule has 0 aromatic heterocycles. The number of carbonyl (C=O) groups is 5. The molecule has 0 aliphatic carbocycles. The Hall–Kier alpha value is -6.15. The van der Waals surface area contributed by atoms with Gasteiger partial charge in [0.25, 0.3) is 0 Å². The molecule has 7 rings (SSSR count). The summed E-state index contributed by atoms with van der Waals surface area (Å²) in [5.41, 5.74) is 12.4. The van der Waals surface area contributed by atoms with Crippen LogP contribution in [0.5, 0.6) is 0 Å². The number of primary amides is 1. The maximum atomic E-state index is 14.7. The molecule has 2 heterocycles. The van der Waals surface area contributed by atoms with E-state index in [9.17, 15) is 24.0 Å². The molecule has 3 atom stereocenters. The monoisotopic (exact) mass is 810 g/mol. The number of benzene rings is 5. The summed E-state index contributed by atoms with van der Waals surface area (Å²) in [7, 11) is 0. The van der Waals surface area contributed by atoms with Crippen molar-refractivity contribution in [2.24, 2.45) is 11.5 Å². The highest BCUT2D eigenvalue weighted by atomic mass is 16.2. The zero-order valence-electron chi connectivity index (χ0n) is 33.7. The van der Waals surface area contributed by atoms with Gasteiger partial charge in [-0.05, 0) is 90.1 Å². The van der Waals surface area contributed by atoms with Crippen LogP contribution in [0.4, 0.5) is 0 Å². The van der Waals surface area contributed by atoms with Crippen molar-refractivity contribution in [1.82, 2.24) is 31.9 Å². The lowest BCUT2D eigenvalue weighted by Crippen LogP contribution is -2.65. The summed E-state index contributed by atoms with van der Waals surface area (Å²) < 4.78 is 0. The lowest BCUT2D eigenvalue weighted by atomic mass is 9.87. The van der Waals surface area contributed by atoms with Crippen LogP contribution in [0.25, 0.3) is 21.5 Å². The van der Waals surface area contributed by atoms with Crippen LogP contribution in [0.2, 0.25) is 0 Å². The molecule has 2 saturated heterocycles. The Morgan fingerprint density at radius 1 is 0.550 bits per heavy atom. The quantitative estimate of drug-likeness (QED) is 0.0785. The van der Waals surface area contributed by atoms with Gasteiger partial charge in [0.1, 0.15) is 23.7 Å². The van der Waals surface area contributed by atoms with Crippen molar-refractivity contribution in [3.8, 4) is 0 Å². The van der Waals surface area contributed by atoms with Crippen LogP contribution in [0.3, 0.4) is 0 Å². The van der Waals surface area contributed by atoms with Crippen LogP contribution in [0.1, 0.15) is 42.4 Å². The van der Waals surface area contributed by atoms with E-state index in [-0.39, 0.29) is 19.3 Å². The lowest BCUT2D eigenvalue weighted by molar-refractivity contribution is -0.136. The third-order valence-corrected chi connectivity index (χ3v) is 12.0. The molecule has 13 nitrogen and oxygen atoms in total. The Balaban J connectivity index is 1.21. The second kappa shape index (κ2) is 18.8. The lowest BCUT2D eigenvalue weighted by Gasteiger charge is -2.37. The van der Waals surface area contributed by atoms with E-state index in [1.54, 1.807) is 0 Å². The molecule has 10 N–H and O–H groups in total. The summed E-state index contributed by atoms with van der Waals surface area (Å²) in [6.45, 7) is 2.09. The fourth-order valence-corrected chi connectivity index (χ4v) is 8.33. The van der Waals surface area contributed by atoms with Crippen LogP contribution in [-0.2, 0) is 43.2 Å². The molecule has 0 spiro atoms. The van der Waals surface area contributed by atoms with E-state index in [0.29, 0.717) is 51.9 Å². The molecule has 60 heavy (non-hydrogen) atoms. The Morgan fingerprint density at radius 2 is 1.10 bits per heavy atom. The van der Waals surface area contributed by atoms with Gasteiger partial charge in [-0.25, -0.2) is 0 Å². The molecular formula is C47H54N8O5. The zero-order chi connectivity index (χ0) is 42.1. The molecule has 2 aliphatic rings. The van der Waals surface area contributed by atoms with Gasteiger partial charge in [-0.15, -0.1) is 0 Å². The third-order valence-electron chi connectivity index (χ3n) is 12.0. The van der Waals surface area contributed by atoms with Gasteiger partial charge in [0, 0.05) is 19.3 Å². The molecule has 0 bridgehead atoms. The molecule has 5 aromatic rings. The second-order valence-corrected chi connectivity index (χ2v) is 16.2. The molecule has 312 valence electrons. The van der Waals surface area contributed by atoms with Crippen molar-refractivity contribution in [3.63, 3.8) is 0 Å². The largest absolute Gasteiger partial charge is 0.368 e. The highest BCUT2D eigenvalue weighted by Crippen LogP contribution is 2.23. The molecule has 5 aromatic carbocycles. The SMILES string of the molecule is NC(=O)C1(NC(=O)[C@H](Cc2ccccc2)NC(=O)[C@@H](Cc2ccc3ccccc3c2)NC(=O)[C@@H](Cc2cccc3ccccc23)NC(=O)C2(N)CCNCC2)CCNCC1. The summed E-state index contributed by atoms with van der Waals surface area (Å²) in [6.07, 6.45) is 1.69.